The molecule has 0 aromatic heterocycles. The second kappa shape index (κ2) is 10.4. The molecule has 6 nitrogen and oxygen atoms in total. The molecule has 0 saturated carbocycles. The highest BCUT2D eigenvalue weighted by atomic mass is 35.5. The van der Waals surface area contributed by atoms with Crippen LogP contribution in [-0.2, 0) is 6.61 Å². The average molecular weight is 389 g/mol. The number of carbonyl (C=O) groups is 1. The van der Waals surface area contributed by atoms with E-state index < -0.39 is 6.03 Å². The van der Waals surface area contributed by atoms with Crippen LogP contribution in [0.15, 0.2) is 47.5 Å². The molecule has 0 heterocycles. The number of urea groups is 1. The van der Waals surface area contributed by atoms with Crippen LogP contribution in [0.3, 0.4) is 0 Å². The summed E-state index contributed by atoms with van der Waals surface area (Å²) in [7, 11) is 0. The maximum Gasteiger partial charge on any atom is 0.326 e. The number of carbonyl (C=O) groups excluding carboxylic acids is 1. The van der Waals surface area contributed by atoms with Gasteiger partial charge in [0.15, 0.2) is 5.96 Å². The van der Waals surface area contributed by atoms with E-state index >= 15 is 0 Å². The fourth-order valence-corrected chi connectivity index (χ4v) is 2.67. The predicted octanol–water partition coefficient (Wildman–Crippen LogP) is 4.33. The molecule has 0 aliphatic carbocycles. The molecule has 0 aliphatic rings. The summed E-state index contributed by atoms with van der Waals surface area (Å²) in [5.74, 6) is 1.08. The van der Waals surface area contributed by atoms with Gasteiger partial charge in [-0.1, -0.05) is 41.9 Å². The molecular formula is C20H25ClN4O2. The summed E-state index contributed by atoms with van der Waals surface area (Å²) in [6.07, 6.45) is 0. The SMILES string of the molecule is CCN=C(NCC)NC(=O)Nc1c(Cl)ccc(OCc2ccccc2)c1C. The summed E-state index contributed by atoms with van der Waals surface area (Å²) in [4.78, 5) is 16.5. The van der Waals surface area contributed by atoms with Crippen LogP contribution >= 0.6 is 11.6 Å². The van der Waals surface area contributed by atoms with Crippen LogP contribution < -0.4 is 20.7 Å². The number of ether oxygens (including phenoxy) is 1. The molecule has 7 heteroatoms. The summed E-state index contributed by atoms with van der Waals surface area (Å²) >= 11 is 6.28. The third kappa shape index (κ3) is 6.18. The molecule has 2 amide bonds. The standard InChI is InChI=1S/C20H25ClN4O2/c1-4-22-19(23-5-2)25-20(26)24-18-14(3)17(12-11-16(18)21)27-13-15-9-7-6-8-10-15/h6-12H,4-5,13H2,1-3H3,(H3,22,23,24,25,26). The van der Waals surface area contributed by atoms with Crippen LogP contribution in [0.5, 0.6) is 5.75 Å². The summed E-state index contributed by atoms with van der Waals surface area (Å²) in [5.41, 5.74) is 2.32. The van der Waals surface area contributed by atoms with E-state index in [4.69, 9.17) is 16.3 Å². The average Bonchev–Trinajstić information content (AvgIpc) is 2.66. The van der Waals surface area contributed by atoms with Crippen molar-refractivity contribution in [1.82, 2.24) is 10.6 Å². The van der Waals surface area contributed by atoms with Crippen molar-refractivity contribution in [2.45, 2.75) is 27.4 Å². The van der Waals surface area contributed by atoms with Gasteiger partial charge < -0.3 is 15.4 Å². The highest BCUT2D eigenvalue weighted by Crippen LogP contribution is 2.33. The second-order valence-electron chi connectivity index (χ2n) is 5.75. The van der Waals surface area contributed by atoms with Crippen molar-refractivity contribution < 1.29 is 9.53 Å². The van der Waals surface area contributed by atoms with Crippen molar-refractivity contribution >= 4 is 29.3 Å². The number of amides is 2. The number of guanidine groups is 1. The van der Waals surface area contributed by atoms with Crippen LogP contribution in [0.2, 0.25) is 5.02 Å². The second-order valence-corrected chi connectivity index (χ2v) is 6.16. The molecule has 2 aromatic rings. The number of nitrogens with zero attached hydrogens (tertiary/aromatic N) is 1. The number of aliphatic imine (C=N–C) groups is 1. The fraction of sp³-hybridized carbons (Fsp3) is 0.300. The molecule has 3 N–H and O–H groups in total. The molecule has 144 valence electrons. The Morgan fingerprint density at radius 3 is 2.56 bits per heavy atom. The quantitative estimate of drug-likeness (QED) is 0.509. The Balaban J connectivity index is 2.09. The first-order valence-corrected chi connectivity index (χ1v) is 9.25. The Labute approximate surface area is 165 Å². The summed E-state index contributed by atoms with van der Waals surface area (Å²) in [5, 5.41) is 8.91. The number of anilines is 1. The molecule has 0 aliphatic heterocycles. The van der Waals surface area contributed by atoms with E-state index in [9.17, 15) is 4.79 Å². The van der Waals surface area contributed by atoms with Gasteiger partial charge in [0.1, 0.15) is 12.4 Å². The minimum absolute atomic E-state index is 0.419. The number of nitrogens with one attached hydrogen (secondary N) is 3. The molecule has 0 fully saturated rings. The highest BCUT2D eigenvalue weighted by molar-refractivity contribution is 6.34. The molecule has 0 bridgehead atoms. The largest absolute Gasteiger partial charge is 0.489 e. The van der Waals surface area contributed by atoms with E-state index in [1.807, 2.05) is 51.1 Å². The van der Waals surface area contributed by atoms with Crippen molar-refractivity contribution in [3.8, 4) is 5.75 Å². The topological polar surface area (TPSA) is 74.8 Å². The number of hydrogen-bond acceptors (Lipinski definition) is 3. The fourth-order valence-electron chi connectivity index (χ4n) is 2.42. The van der Waals surface area contributed by atoms with Crippen molar-refractivity contribution in [1.29, 1.82) is 0 Å². The van der Waals surface area contributed by atoms with Crippen LogP contribution in [0.4, 0.5) is 10.5 Å². The van der Waals surface area contributed by atoms with Crippen LogP contribution in [0, 0.1) is 6.92 Å². The minimum Gasteiger partial charge on any atom is -0.489 e. The summed E-state index contributed by atoms with van der Waals surface area (Å²) < 4.78 is 5.89. The smallest absolute Gasteiger partial charge is 0.326 e. The zero-order chi connectivity index (χ0) is 19.6. The van der Waals surface area contributed by atoms with Crippen molar-refractivity contribution in [3.05, 3.63) is 58.6 Å². The number of rotatable bonds is 6. The third-order valence-electron chi connectivity index (χ3n) is 3.73. The molecular weight excluding hydrogens is 364 g/mol. The van der Waals surface area contributed by atoms with E-state index in [1.165, 1.54) is 0 Å². The van der Waals surface area contributed by atoms with Gasteiger partial charge in [-0.05, 0) is 38.5 Å². The Hall–Kier alpha value is -2.73. The molecule has 0 saturated heterocycles. The van der Waals surface area contributed by atoms with Crippen molar-refractivity contribution in [2.75, 3.05) is 18.4 Å². The zero-order valence-corrected chi connectivity index (χ0v) is 16.6. The Kier molecular flexibility index (Phi) is 7.95. The van der Waals surface area contributed by atoms with Crippen LogP contribution in [0.1, 0.15) is 25.0 Å². The number of benzene rings is 2. The summed E-state index contributed by atoms with van der Waals surface area (Å²) in [6, 6.07) is 13.0. The lowest BCUT2D eigenvalue weighted by molar-refractivity contribution is 0.256. The monoisotopic (exact) mass is 388 g/mol. The van der Waals surface area contributed by atoms with Crippen LogP contribution in [-0.4, -0.2) is 25.1 Å². The molecule has 27 heavy (non-hydrogen) atoms. The maximum atomic E-state index is 12.3. The van der Waals surface area contributed by atoms with E-state index in [1.54, 1.807) is 12.1 Å². The van der Waals surface area contributed by atoms with E-state index in [-0.39, 0.29) is 0 Å². The first-order chi connectivity index (χ1) is 13.0. The number of hydrogen-bond donors (Lipinski definition) is 3. The Bertz CT molecular complexity index is 794. The van der Waals surface area contributed by atoms with Gasteiger partial charge in [-0.2, -0.15) is 0 Å². The lowest BCUT2D eigenvalue weighted by Crippen LogP contribution is -2.43. The maximum absolute atomic E-state index is 12.3. The lowest BCUT2D eigenvalue weighted by Gasteiger charge is -2.16. The van der Waals surface area contributed by atoms with Gasteiger partial charge in [-0.3, -0.25) is 10.3 Å². The third-order valence-corrected chi connectivity index (χ3v) is 4.05. The van der Waals surface area contributed by atoms with Gasteiger partial charge in [0.05, 0.1) is 10.7 Å². The lowest BCUT2D eigenvalue weighted by atomic mass is 10.1. The first kappa shape index (κ1) is 20.6. The van der Waals surface area contributed by atoms with E-state index in [2.05, 4.69) is 20.9 Å². The normalized spacial score (nSPS) is 11.0. The molecule has 2 aromatic carbocycles. The van der Waals surface area contributed by atoms with Gasteiger partial charge in [0, 0.05) is 18.7 Å². The minimum atomic E-state index is -0.423. The Morgan fingerprint density at radius 2 is 1.89 bits per heavy atom. The predicted molar refractivity (Wildman–Crippen MR) is 111 cm³/mol. The molecule has 0 radical (unpaired) electrons. The van der Waals surface area contributed by atoms with Gasteiger partial charge in [0.2, 0.25) is 0 Å². The molecule has 0 spiro atoms. The van der Waals surface area contributed by atoms with Gasteiger partial charge in [-0.25, -0.2) is 4.79 Å². The van der Waals surface area contributed by atoms with Crippen molar-refractivity contribution in [2.24, 2.45) is 4.99 Å². The Morgan fingerprint density at radius 1 is 1.15 bits per heavy atom. The van der Waals surface area contributed by atoms with Gasteiger partial charge in [0.25, 0.3) is 0 Å². The first-order valence-electron chi connectivity index (χ1n) is 8.87. The molecule has 0 atom stereocenters. The molecule has 0 unspecified atom stereocenters. The highest BCUT2D eigenvalue weighted by Gasteiger charge is 2.14. The number of halogens is 1. The van der Waals surface area contributed by atoms with E-state index in [0.717, 1.165) is 11.1 Å². The summed E-state index contributed by atoms with van der Waals surface area (Å²) in [6.45, 7) is 7.33. The van der Waals surface area contributed by atoms with Crippen LogP contribution in [0.25, 0.3) is 0 Å². The zero-order valence-electron chi connectivity index (χ0n) is 15.8. The van der Waals surface area contributed by atoms with Gasteiger partial charge >= 0.3 is 6.03 Å². The van der Waals surface area contributed by atoms with E-state index in [0.29, 0.717) is 42.1 Å². The van der Waals surface area contributed by atoms with Crippen molar-refractivity contribution in [3.63, 3.8) is 0 Å². The van der Waals surface area contributed by atoms with Gasteiger partial charge in [-0.15, -0.1) is 0 Å². The molecule has 2 rings (SSSR count).